The summed E-state index contributed by atoms with van der Waals surface area (Å²) in [6.07, 6.45) is 2.71. The van der Waals surface area contributed by atoms with Crippen molar-refractivity contribution in [1.82, 2.24) is 20.7 Å². The lowest BCUT2D eigenvalue weighted by molar-refractivity contribution is 0.312. The molecule has 1 heterocycles. The minimum absolute atomic E-state index is 0.0168. The average Bonchev–Trinajstić information content (AvgIpc) is 2.92. The van der Waals surface area contributed by atoms with Gasteiger partial charge in [0.25, 0.3) is 0 Å². The number of aromatic nitrogens is 3. The van der Waals surface area contributed by atoms with Gasteiger partial charge in [-0.25, -0.2) is 0 Å². The first-order valence-electron chi connectivity index (χ1n) is 6.11. The fourth-order valence-corrected chi connectivity index (χ4v) is 1.87. The molecule has 0 spiro atoms. The number of aromatic amines is 1. The molecule has 0 bridgehead atoms. The molecule has 5 nitrogen and oxygen atoms in total. The molecule has 2 N–H and O–H groups in total. The van der Waals surface area contributed by atoms with Crippen molar-refractivity contribution < 1.29 is 4.74 Å². The van der Waals surface area contributed by atoms with E-state index < -0.39 is 0 Å². The molecule has 0 radical (unpaired) electrons. The highest BCUT2D eigenvalue weighted by atomic mass is 16.5. The molecule has 0 aliphatic heterocycles. The molecule has 1 unspecified atom stereocenters. The van der Waals surface area contributed by atoms with Crippen LogP contribution >= 0.6 is 0 Å². The zero-order valence-electron chi connectivity index (χ0n) is 10.7. The van der Waals surface area contributed by atoms with E-state index in [0.717, 1.165) is 23.4 Å². The molecule has 1 atom stereocenters. The van der Waals surface area contributed by atoms with Crippen molar-refractivity contribution in [3.63, 3.8) is 0 Å². The highest BCUT2D eigenvalue weighted by Crippen LogP contribution is 2.28. The molecular weight excluding hydrogens is 228 g/mol. The minimum atomic E-state index is -0.0168. The number of hydrogen-bond donors (Lipinski definition) is 2. The van der Waals surface area contributed by atoms with E-state index in [1.807, 2.05) is 31.3 Å². The lowest BCUT2D eigenvalue weighted by Crippen LogP contribution is -2.19. The Morgan fingerprint density at radius 3 is 2.89 bits per heavy atom. The van der Waals surface area contributed by atoms with E-state index in [0.29, 0.717) is 6.61 Å². The number of benzene rings is 1. The van der Waals surface area contributed by atoms with Gasteiger partial charge >= 0.3 is 0 Å². The highest BCUT2D eigenvalue weighted by Gasteiger charge is 2.18. The molecule has 0 saturated carbocycles. The van der Waals surface area contributed by atoms with Crippen LogP contribution in [-0.4, -0.2) is 29.1 Å². The Labute approximate surface area is 107 Å². The number of nitrogens with zero attached hydrogens (tertiary/aromatic N) is 2. The molecule has 18 heavy (non-hydrogen) atoms. The van der Waals surface area contributed by atoms with Gasteiger partial charge in [0, 0.05) is 5.56 Å². The molecule has 0 aliphatic rings. The van der Waals surface area contributed by atoms with Crippen molar-refractivity contribution >= 4 is 0 Å². The summed E-state index contributed by atoms with van der Waals surface area (Å²) >= 11 is 0. The highest BCUT2D eigenvalue weighted by molar-refractivity contribution is 5.39. The lowest BCUT2D eigenvalue weighted by atomic mass is 10.0. The fourth-order valence-electron chi connectivity index (χ4n) is 1.87. The van der Waals surface area contributed by atoms with E-state index in [9.17, 15) is 0 Å². The van der Waals surface area contributed by atoms with Gasteiger partial charge in [0.05, 0.1) is 18.8 Å². The zero-order chi connectivity index (χ0) is 12.8. The predicted molar refractivity (Wildman–Crippen MR) is 69.5 cm³/mol. The van der Waals surface area contributed by atoms with Gasteiger partial charge in [-0.1, -0.05) is 25.1 Å². The van der Waals surface area contributed by atoms with Crippen LogP contribution in [0.3, 0.4) is 0 Å². The molecule has 0 amide bonds. The van der Waals surface area contributed by atoms with E-state index in [1.165, 1.54) is 0 Å². The van der Waals surface area contributed by atoms with Crippen molar-refractivity contribution in [2.24, 2.45) is 0 Å². The Kier molecular flexibility index (Phi) is 4.30. The summed E-state index contributed by atoms with van der Waals surface area (Å²) in [5.41, 5.74) is 1.92. The van der Waals surface area contributed by atoms with E-state index in [4.69, 9.17) is 4.74 Å². The Morgan fingerprint density at radius 1 is 1.39 bits per heavy atom. The second-order valence-corrected chi connectivity index (χ2v) is 4.00. The van der Waals surface area contributed by atoms with Crippen LogP contribution in [-0.2, 0) is 0 Å². The Morgan fingerprint density at radius 2 is 2.22 bits per heavy atom. The van der Waals surface area contributed by atoms with Crippen LogP contribution in [0.2, 0.25) is 0 Å². The maximum Gasteiger partial charge on any atom is 0.124 e. The molecule has 2 rings (SSSR count). The first kappa shape index (κ1) is 12.6. The second kappa shape index (κ2) is 6.16. The Balaban J connectivity index is 2.30. The number of hydrogen-bond acceptors (Lipinski definition) is 4. The van der Waals surface area contributed by atoms with Crippen LogP contribution in [0.25, 0.3) is 0 Å². The minimum Gasteiger partial charge on any atom is -0.493 e. The van der Waals surface area contributed by atoms with Crippen LogP contribution in [0.15, 0.2) is 30.5 Å². The summed E-state index contributed by atoms with van der Waals surface area (Å²) in [5, 5.41) is 13.9. The van der Waals surface area contributed by atoms with Gasteiger partial charge < -0.3 is 10.1 Å². The Hall–Kier alpha value is -1.88. The summed E-state index contributed by atoms with van der Waals surface area (Å²) in [5.74, 6) is 0.890. The van der Waals surface area contributed by atoms with E-state index in [-0.39, 0.29) is 6.04 Å². The quantitative estimate of drug-likeness (QED) is 0.817. The maximum absolute atomic E-state index is 5.77. The molecular formula is C13H18N4O. The summed E-state index contributed by atoms with van der Waals surface area (Å²) in [6.45, 7) is 2.81. The maximum atomic E-state index is 5.77. The predicted octanol–water partition coefficient (Wildman–Crippen LogP) is 1.90. The van der Waals surface area contributed by atoms with Crippen LogP contribution in [0.5, 0.6) is 5.75 Å². The number of H-pyrrole nitrogens is 1. The molecule has 0 aliphatic carbocycles. The summed E-state index contributed by atoms with van der Waals surface area (Å²) in [4.78, 5) is 0. The summed E-state index contributed by atoms with van der Waals surface area (Å²) in [6, 6.07) is 7.98. The second-order valence-electron chi connectivity index (χ2n) is 4.00. The molecule has 0 saturated heterocycles. The third kappa shape index (κ3) is 2.68. The summed E-state index contributed by atoms with van der Waals surface area (Å²) in [7, 11) is 1.90. The largest absolute Gasteiger partial charge is 0.493 e. The average molecular weight is 246 g/mol. The normalized spacial score (nSPS) is 12.3. The van der Waals surface area contributed by atoms with Crippen LogP contribution in [0.4, 0.5) is 0 Å². The van der Waals surface area contributed by atoms with E-state index >= 15 is 0 Å². The van der Waals surface area contributed by atoms with Gasteiger partial charge in [-0.2, -0.15) is 15.4 Å². The standard InChI is InChI=1S/C13H18N4O/c1-3-8-18-12-7-5-4-6-10(12)13(14-2)11-9-15-17-16-11/h4-7,9,13-14H,3,8H2,1-2H3,(H,15,16,17). The lowest BCUT2D eigenvalue weighted by Gasteiger charge is -2.18. The number of ether oxygens (including phenoxy) is 1. The van der Waals surface area contributed by atoms with Gasteiger partial charge in [0.1, 0.15) is 11.4 Å². The molecule has 5 heteroatoms. The van der Waals surface area contributed by atoms with Crippen molar-refractivity contribution in [1.29, 1.82) is 0 Å². The van der Waals surface area contributed by atoms with E-state index in [1.54, 1.807) is 6.20 Å². The van der Waals surface area contributed by atoms with Gasteiger partial charge in [-0.05, 0) is 19.5 Å². The SMILES string of the molecule is CCCOc1ccccc1C(NC)c1cn[nH]n1. The van der Waals surface area contributed by atoms with Crippen molar-refractivity contribution in [2.45, 2.75) is 19.4 Å². The number of rotatable bonds is 6. The smallest absolute Gasteiger partial charge is 0.124 e. The van der Waals surface area contributed by atoms with Crippen molar-refractivity contribution in [3.05, 3.63) is 41.7 Å². The van der Waals surface area contributed by atoms with E-state index in [2.05, 4.69) is 27.7 Å². The zero-order valence-corrected chi connectivity index (χ0v) is 10.7. The molecule has 2 aromatic rings. The third-order valence-electron chi connectivity index (χ3n) is 2.71. The fraction of sp³-hybridized carbons (Fsp3) is 0.385. The monoisotopic (exact) mass is 246 g/mol. The number of nitrogens with one attached hydrogen (secondary N) is 2. The van der Waals surface area contributed by atoms with Gasteiger partial charge in [-0.3, -0.25) is 0 Å². The van der Waals surface area contributed by atoms with Crippen molar-refractivity contribution in [2.75, 3.05) is 13.7 Å². The first-order valence-corrected chi connectivity index (χ1v) is 6.11. The molecule has 0 fully saturated rings. The molecule has 1 aromatic carbocycles. The van der Waals surface area contributed by atoms with Gasteiger partial charge in [0.2, 0.25) is 0 Å². The number of para-hydroxylation sites is 1. The van der Waals surface area contributed by atoms with Crippen LogP contribution in [0, 0.1) is 0 Å². The van der Waals surface area contributed by atoms with Gasteiger partial charge in [-0.15, -0.1) is 0 Å². The first-order chi connectivity index (χ1) is 8.86. The third-order valence-corrected chi connectivity index (χ3v) is 2.71. The Bertz CT molecular complexity index is 470. The molecule has 1 aromatic heterocycles. The topological polar surface area (TPSA) is 62.8 Å². The van der Waals surface area contributed by atoms with Gasteiger partial charge in [0.15, 0.2) is 0 Å². The summed E-state index contributed by atoms with van der Waals surface area (Å²) < 4.78 is 5.77. The molecule has 96 valence electrons. The van der Waals surface area contributed by atoms with Crippen LogP contribution < -0.4 is 10.1 Å². The van der Waals surface area contributed by atoms with Crippen LogP contribution in [0.1, 0.15) is 30.6 Å². The van der Waals surface area contributed by atoms with Crippen molar-refractivity contribution in [3.8, 4) is 5.75 Å².